The molecule has 1 fully saturated rings. The van der Waals surface area contributed by atoms with Crippen LogP contribution in [0.2, 0.25) is 0 Å². The van der Waals surface area contributed by atoms with Crippen LogP contribution in [0.5, 0.6) is 0 Å². The van der Waals surface area contributed by atoms with Crippen LogP contribution in [0.25, 0.3) is 0 Å². The molecule has 1 aliphatic heterocycles. The van der Waals surface area contributed by atoms with Crippen molar-refractivity contribution in [3.05, 3.63) is 29.3 Å². The van der Waals surface area contributed by atoms with Crippen LogP contribution in [-0.4, -0.2) is 50.6 Å². The number of hydrogen-bond acceptors (Lipinski definition) is 5. The number of sulfonamides is 1. The molecule has 1 N–H and O–H groups in total. The molecule has 138 valence electrons. The summed E-state index contributed by atoms with van der Waals surface area (Å²) in [7, 11) is -2.00. The number of nitrogens with one attached hydrogen (secondary N) is 1. The van der Waals surface area contributed by atoms with Gasteiger partial charge in [0, 0.05) is 18.8 Å². The van der Waals surface area contributed by atoms with Gasteiger partial charge in [0.05, 0.1) is 24.3 Å². The summed E-state index contributed by atoms with van der Waals surface area (Å²) in [4.78, 5) is 24.2. The highest BCUT2D eigenvalue weighted by Gasteiger charge is 2.31. The Kier molecular flexibility index (Phi) is 6.18. The van der Waals surface area contributed by atoms with Gasteiger partial charge in [-0.05, 0) is 44.4 Å². The number of carbonyl (C=O) groups is 2. The fourth-order valence-corrected chi connectivity index (χ4v) is 4.01. The van der Waals surface area contributed by atoms with Crippen LogP contribution in [0.15, 0.2) is 18.2 Å². The molecule has 0 spiro atoms. The first kappa shape index (κ1) is 19.4. The third-order valence-corrected chi connectivity index (χ3v) is 6.28. The quantitative estimate of drug-likeness (QED) is 0.800. The van der Waals surface area contributed by atoms with Crippen molar-refractivity contribution in [1.29, 1.82) is 0 Å². The maximum atomic E-state index is 12.6. The van der Waals surface area contributed by atoms with Gasteiger partial charge in [-0.3, -0.25) is 4.79 Å². The van der Waals surface area contributed by atoms with E-state index in [9.17, 15) is 18.0 Å². The van der Waals surface area contributed by atoms with E-state index in [0.29, 0.717) is 30.6 Å². The van der Waals surface area contributed by atoms with Gasteiger partial charge < -0.3 is 10.1 Å². The van der Waals surface area contributed by atoms with Crippen LogP contribution in [0.1, 0.15) is 35.7 Å². The standard InChI is InChI=1S/C17H24N2O5S/c1-4-25(22,23)19-9-5-6-14(11-19)16(20)18-15-10-13(17(21)24-3)8-7-12(15)2/h7-8,10,14H,4-6,9,11H2,1-3H3,(H,18,20)/t14-/m0/s1. The Balaban J connectivity index is 2.13. The number of piperidine rings is 1. The average molecular weight is 368 g/mol. The minimum Gasteiger partial charge on any atom is -0.465 e. The first-order valence-electron chi connectivity index (χ1n) is 8.26. The molecular formula is C17H24N2O5S. The van der Waals surface area contributed by atoms with Gasteiger partial charge in [0.1, 0.15) is 0 Å². The number of benzene rings is 1. The van der Waals surface area contributed by atoms with Crippen molar-refractivity contribution in [2.45, 2.75) is 26.7 Å². The predicted octanol–water partition coefficient (Wildman–Crippen LogP) is 1.78. The van der Waals surface area contributed by atoms with Crippen molar-refractivity contribution in [1.82, 2.24) is 4.31 Å². The third-order valence-electron chi connectivity index (χ3n) is 4.43. The van der Waals surface area contributed by atoms with E-state index < -0.39 is 21.9 Å². The summed E-state index contributed by atoms with van der Waals surface area (Å²) in [6.45, 7) is 4.07. The van der Waals surface area contributed by atoms with Crippen molar-refractivity contribution >= 4 is 27.6 Å². The molecule has 8 heteroatoms. The monoisotopic (exact) mass is 368 g/mol. The Bertz CT molecular complexity index is 760. The van der Waals surface area contributed by atoms with Crippen LogP contribution in [0, 0.1) is 12.8 Å². The fourth-order valence-electron chi connectivity index (χ4n) is 2.83. The second-order valence-electron chi connectivity index (χ2n) is 6.11. The molecule has 1 aliphatic rings. The van der Waals surface area contributed by atoms with E-state index >= 15 is 0 Å². The zero-order chi connectivity index (χ0) is 18.6. The normalized spacial score (nSPS) is 18.6. The van der Waals surface area contributed by atoms with E-state index in [0.717, 1.165) is 5.56 Å². The average Bonchev–Trinajstić information content (AvgIpc) is 2.62. The van der Waals surface area contributed by atoms with E-state index in [2.05, 4.69) is 5.32 Å². The lowest BCUT2D eigenvalue weighted by Gasteiger charge is -2.31. The van der Waals surface area contributed by atoms with E-state index in [1.54, 1.807) is 25.1 Å². The molecule has 1 atom stereocenters. The van der Waals surface area contributed by atoms with Gasteiger partial charge in [-0.2, -0.15) is 0 Å². The maximum Gasteiger partial charge on any atom is 0.337 e. The molecule has 0 aromatic heterocycles. The van der Waals surface area contributed by atoms with Gasteiger partial charge in [-0.25, -0.2) is 17.5 Å². The minimum atomic E-state index is -3.30. The number of amides is 1. The van der Waals surface area contributed by atoms with Gasteiger partial charge in [-0.15, -0.1) is 0 Å². The molecule has 1 aromatic rings. The van der Waals surface area contributed by atoms with Gasteiger partial charge in [0.25, 0.3) is 0 Å². The lowest BCUT2D eigenvalue weighted by atomic mass is 9.98. The highest BCUT2D eigenvalue weighted by atomic mass is 32.2. The third kappa shape index (κ3) is 4.58. The second kappa shape index (κ2) is 7.97. The summed E-state index contributed by atoms with van der Waals surface area (Å²) >= 11 is 0. The van der Waals surface area contributed by atoms with Crippen LogP contribution in [-0.2, 0) is 19.6 Å². The highest BCUT2D eigenvalue weighted by Crippen LogP contribution is 2.23. The summed E-state index contributed by atoms with van der Waals surface area (Å²) in [6.07, 6.45) is 1.29. The number of hydrogen-bond donors (Lipinski definition) is 1. The zero-order valence-corrected chi connectivity index (χ0v) is 15.6. The zero-order valence-electron chi connectivity index (χ0n) is 14.7. The topological polar surface area (TPSA) is 92.8 Å². The number of carbonyl (C=O) groups excluding carboxylic acids is 2. The number of rotatable bonds is 5. The van der Waals surface area contributed by atoms with E-state index in [4.69, 9.17) is 4.74 Å². The largest absolute Gasteiger partial charge is 0.465 e. The molecule has 0 saturated carbocycles. The summed E-state index contributed by atoms with van der Waals surface area (Å²) in [5, 5.41) is 2.82. The van der Waals surface area contributed by atoms with Gasteiger partial charge in [-0.1, -0.05) is 6.07 Å². The molecule has 1 amide bonds. The number of nitrogens with zero attached hydrogens (tertiary/aromatic N) is 1. The number of anilines is 1. The van der Waals surface area contributed by atoms with Crippen molar-refractivity contribution in [3.8, 4) is 0 Å². The molecule has 0 aliphatic carbocycles. The Morgan fingerprint density at radius 1 is 1.36 bits per heavy atom. The molecular weight excluding hydrogens is 344 g/mol. The van der Waals surface area contributed by atoms with Crippen LogP contribution < -0.4 is 5.32 Å². The van der Waals surface area contributed by atoms with E-state index in [-0.39, 0.29) is 18.2 Å². The van der Waals surface area contributed by atoms with Gasteiger partial charge in [0.15, 0.2) is 0 Å². The van der Waals surface area contributed by atoms with Gasteiger partial charge in [0.2, 0.25) is 15.9 Å². The molecule has 1 aromatic carbocycles. The van der Waals surface area contributed by atoms with Crippen molar-refractivity contribution in [2.75, 3.05) is 31.3 Å². The first-order valence-corrected chi connectivity index (χ1v) is 9.87. The minimum absolute atomic E-state index is 0.0294. The molecule has 7 nitrogen and oxygen atoms in total. The molecule has 0 bridgehead atoms. The van der Waals surface area contributed by atoms with E-state index in [1.807, 2.05) is 6.92 Å². The number of ether oxygens (including phenoxy) is 1. The van der Waals surface area contributed by atoms with Crippen molar-refractivity contribution < 1.29 is 22.7 Å². The molecule has 1 saturated heterocycles. The summed E-state index contributed by atoms with van der Waals surface area (Å²) in [5.41, 5.74) is 1.69. The Morgan fingerprint density at radius 3 is 2.72 bits per heavy atom. The summed E-state index contributed by atoms with van der Waals surface area (Å²) in [5.74, 6) is -1.09. The van der Waals surface area contributed by atoms with Gasteiger partial charge >= 0.3 is 5.97 Å². The molecule has 0 unspecified atom stereocenters. The lowest BCUT2D eigenvalue weighted by Crippen LogP contribution is -2.44. The predicted molar refractivity (Wildman–Crippen MR) is 94.9 cm³/mol. The Labute approximate surface area is 148 Å². The van der Waals surface area contributed by atoms with Crippen LogP contribution >= 0.6 is 0 Å². The summed E-state index contributed by atoms with van der Waals surface area (Å²) < 4.78 is 30.1. The molecule has 0 radical (unpaired) electrons. The molecule has 1 heterocycles. The molecule has 25 heavy (non-hydrogen) atoms. The molecule has 2 rings (SSSR count). The smallest absolute Gasteiger partial charge is 0.337 e. The van der Waals surface area contributed by atoms with E-state index in [1.165, 1.54) is 11.4 Å². The second-order valence-corrected chi connectivity index (χ2v) is 8.37. The Morgan fingerprint density at radius 2 is 2.08 bits per heavy atom. The van der Waals surface area contributed by atoms with Crippen LogP contribution in [0.4, 0.5) is 5.69 Å². The van der Waals surface area contributed by atoms with Crippen LogP contribution in [0.3, 0.4) is 0 Å². The lowest BCUT2D eigenvalue weighted by molar-refractivity contribution is -0.120. The van der Waals surface area contributed by atoms with Crippen molar-refractivity contribution in [3.63, 3.8) is 0 Å². The highest BCUT2D eigenvalue weighted by molar-refractivity contribution is 7.89. The first-order chi connectivity index (χ1) is 11.8. The SMILES string of the molecule is CCS(=O)(=O)N1CCC[C@H](C(=O)Nc2cc(C(=O)OC)ccc2C)C1. The number of esters is 1. The fraction of sp³-hybridized carbons (Fsp3) is 0.529. The Hall–Kier alpha value is -1.93. The maximum absolute atomic E-state index is 12.6. The number of aryl methyl sites for hydroxylation is 1. The summed E-state index contributed by atoms with van der Waals surface area (Å²) in [6, 6.07) is 4.94. The van der Waals surface area contributed by atoms with Crippen molar-refractivity contribution in [2.24, 2.45) is 5.92 Å². The number of methoxy groups -OCH3 is 1.